The lowest BCUT2D eigenvalue weighted by Gasteiger charge is -2.05. The number of hydrogen-bond acceptors (Lipinski definition) is 3. The van der Waals surface area contributed by atoms with Gasteiger partial charge in [0.15, 0.2) is 5.78 Å². The Hall–Kier alpha value is -1.27. The van der Waals surface area contributed by atoms with Crippen LogP contribution in [0.4, 0.5) is 8.78 Å². The van der Waals surface area contributed by atoms with Gasteiger partial charge in [-0.05, 0) is 53.2 Å². The fourth-order valence-electron chi connectivity index (χ4n) is 1.61. The van der Waals surface area contributed by atoms with Gasteiger partial charge in [0.05, 0.1) is 3.79 Å². The van der Waals surface area contributed by atoms with Crippen LogP contribution in [0.1, 0.15) is 20.8 Å². The van der Waals surface area contributed by atoms with Crippen LogP contribution in [0.15, 0.2) is 34.1 Å². The topological polar surface area (TPSA) is 26.3 Å². The van der Waals surface area contributed by atoms with Crippen molar-refractivity contribution in [2.45, 2.75) is 13.5 Å². The maximum absolute atomic E-state index is 12.2. The summed E-state index contributed by atoms with van der Waals surface area (Å²) in [5.74, 6) is -0.0992. The zero-order chi connectivity index (χ0) is 14.0. The van der Waals surface area contributed by atoms with E-state index in [1.54, 1.807) is 6.07 Å². The van der Waals surface area contributed by atoms with E-state index in [4.69, 9.17) is 0 Å². The molecule has 1 heterocycles. The third-order valence-electron chi connectivity index (χ3n) is 2.47. The maximum atomic E-state index is 12.2. The molecule has 0 unspecified atom stereocenters. The first kappa shape index (κ1) is 14.1. The summed E-state index contributed by atoms with van der Waals surface area (Å²) in [5.41, 5.74) is 1.05. The Kier molecular flexibility index (Phi) is 4.31. The highest BCUT2D eigenvalue weighted by Crippen LogP contribution is 2.28. The van der Waals surface area contributed by atoms with Gasteiger partial charge in [-0.1, -0.05) is 0 Å². The van der Waals surface area contributed by atoms with E-state index in [1.165, 1.54) is 35.6 Å². The third kappa shape index (κ3) is 3.39. The summed E-state index contributed by atoms with van der Waals surface area (Å²) in [6.07, 6.45) is 0. The average Bonchev–Trinajstić information content (AvgIpc) is 2.68. The fraction of sp³-hybridized carbons (Fsp3) is 0.154. The second kappa shape index (κ2) is 5.79. The second-order valence-corrected chi connectivity index (χ2v) is 6.39. The number of rotatable bonds is 4. The molecule has 2 nitrogen and oxygen atoms in total. The average molecular weight is 347 g/mol. The maximum Gasteiger partial charge on any atom is 0.387 e. The molecule has 0 N–H and O–H groups in total. The van der Waals surface area contributed by atoms with Crippen LogP contribution in [0.25, 0.3) is 0 Å². The van der Waals surface area contributed by atoms with Crippen LogP contribution in [-0.4, -0.2) is 12.4 Å². The lowest BCUT2D eigenvalue weighted by atomic mass is 10.0. The standard InChI is InChI=1S/C13H9BrF2O2S/c1-7-10(6-11(14)19-7)12(17)8-2-4-9(5-3-8)18-13(15)16/h2-6,13H,1H3. The van der Waals surface area contributed by atoms with Gasteiger partial charge >= 0.3 is 6.61 Å². The summed E-state index contributed by atoms with van der Waals surface area (Å²) in [7, 11) is 0. The predicted molar refractivity (Wildman–Crippen MR) is 73.3 cm³/mol. The minimum Gasteiger partial charge on any atom is -0.435 e. The Morgan fingerprint density at radius 2 is 1.95 bits per heavy atom. The van der Waals surface area contributed by atoms with E-state index in [2.05, 4.69) is 20.7 Å². The first-order chi connectivity index (χ1) is 8.97. The molecule has 0 saturated carbocycles. The normalized spacial score (nSPS) is 10.8. The van der Waals surface area contributed by atoms with Crippen LogP contribution in [-0.2, 0) is 0 Å². The Labute approximate surface area is 121 Å². The number of aryl methyl sites for hydroxylation is 1. The molecule has 0 saturated heterocycles. The number of ketones is 1. The van der Waals surface area contributed by atoms with Gasteiger partial charge in [-0.3, -0.25) is 4.79 Å². The van der Waals surface area contributed by atoms with Crippen LogP contribution >= 0.6 is 27.3 Å². The molecule has 6 heteroatoms. The van der Waals surface area contributed by atoms with Crippen molar-refractivity contribution in [3.05, 3.63) is 50.1 Å². The van der Waals surface area contributed by atoms with Gasteiger partial charge in [0.1, 0.15) is 5.75 Å². The number of thiophene rings is 1. The second-order valence-electron chi connectivity index (χ2n) is 3.75. The highest BCUT2D eigenvalue weighted by Gasteiger charge is 2.15. The van der Waals surface area contributed by atoms with Crippen molar-refractivity contribution in [3.63, 3.8) is 0 Å². The van der Waals surface area contributed by atoms with Crippen LogP contribution in [0.2, 0.25) is 0 Å². The zero-order valence-electron chi connectivity index (χ0n) is 9.82. The third-order valence-corrected chi connectivity index (χ3v) is 4.03. The van der Waals surface area contributed by atoms with E-state index in [9.17, 15) is 13.6 Å². The van der Waals surface area contributed by atoms with Crippen molar-refractivity contribution >= 4 is 33.0 Å². The van der Waals surface area contributed by atoms with E-state index in [0.717, 1.165) is 8.66 Å². The number of carbonyl (C=O) groups is 1. The molecule has 0 spiro atoms. The van der Waals surface area contributed by atoms with E-state index in [-0.39, 0.29) is 11.5 Å². The molecule has 0 amide bonds. The number of hydrogen-bond donors (Lipinski definition) is 0. The quantitative estimate of drug-likeness (QED) is 0.753. The van der Waals surface area contributed by atoms with Gasteiger partial charge in [0, 0.05) is 16.0 Å². The predicted octanol–water partition coefficient (Wildman–Crippen LogP) is 4.65. The molecule has 19 heavy (non-hydrogen) atoms. The van der Waals surface area contributed by atoms with Crippen molar-refractivity contribution in [1.82, 2.24) is 0 Å². The number of carbonyl (C=O) groups excluding carboxylic acids is 1. The van der Waals surface area contributed by atoms with Gasteiger partial charge < -0.3 is 4.74 Å². The summed E-state index contributed by atoms with van der Waals surface area (Å²) in [4.78, 5) is 13.1. The molecule has 0 bridgehead atoms. The number of benzene rings is 1. The molecule has 2 rings (SSSR count). The minimum atomic E-state index is -2.86. The fourth-order valence-corrected chi connectivity index (χ4v) is 3.30. The van der Waals surface area contributed by atoms with E-state index >= 15 is 0 Å². The van der Waals surface area contributed by atoms with Gasteiger partial charge in [0.25, 0.3) is 0 Å². The molecular weight excluding hydrogens is 338 g/mol. The molecule has 0 atom stereocenters. The molecule has 1 aromatic heterocycles. The van der Waals surface area contributed by atoms with Crippen molar-refractivity contribution in [3.8, 4) is 5.75 Å². The van der Waals surface area contributed by atoms with E-state index in [0.29, 0.717) is 11.1 Å². The molecule has 0 radical (unpaired) electrons. The lowest BCUT2D eigenvalue weighted by molar-refractivity contribution is -0.0498. The molecular formula is C13H9BrF2O2S. The Morgan fingerprint density at radius 3 is 2.42 bits per heavy atom. The minimum absolute atomic E-state index is 0.0368. The summed E-state index contributed by atoms with van der Waals surface area (Å²) < 4.78 is 29.1. The van der Waals surface area contributed by atoms with Crippen molar-refractivity contribution in [2.75, 3.05) is 0 Å². The van der Waals surface area contributed by atoms with Gasteiger partial charge in [-0.25, -0.2) is 0 Å². The van der Waals surface area contributed by atoms with Crippen LogP contribution in [0, 0.1) is 6.92 Å². The molecule has 1 aromatic carbocycles. The Bertz CT molecular complexity index is 593. The van der Waals surface area contributed by atoms with Crippen LogP contribution in [0.3, 0.4) is 0 Å². The van der Waals surface area contributed by atoms with Crippen LogP contribution in [0.5, 0.6) is 5.75 Å². The Morgan fingerprint density at radius 1 is 1.32 bits per heavy atom. The summed E-state index contributed by atoms with van der Waals surface area (Å²) in [5, 5.41) is 0. The van der Waals surface area contributed by atoms with Crippen LogP contribution < -0.4 is 4.74 Å². The van der Waals surface area contributed by atoms with Gasteiger partial charge in [0.2, 0.25) is 0 Å². The highest BCUT2D eigenvalue weighted by molar-refractivity contribution is 9.11. The summed E-state index contributed by atoms with van der Waals surface area (Å²) in [6, 6.07) is 7.42. The molecule has 0 aliphatic carbocycles. The smallest absolute Gasteiger partial charge is 0.387 e. The molecule has 0 aliphatic heterocycles. The summed E-state index contributed by atoms with van der Waals surface area (Å²) in [6.45, 7) is -1.01. The largest absolute Gasteiger partial charge is 0.435 e. The molecule has 0 fully saturated rings. The number of ether oxygens (including phenoxy) is 1. The van der Waals surface area contributed by atoms with E-state index < -0.39 is 6.61 Å². The lowest BCUT2D eigenvalue weighted by Crippen LogP contribution is -2.04. The SMILES string of the molecule is Cc1sc(Br)cc1C(=O)c1ccc(OC(F)F)cc1. The van der Waals surface area contributed by atoms with Gasteiger partial charge in [-0.2, -0.15) is 8.78 Å². The van der Waals surface area contributed by atoms with Crippen molar-refractivity contribution in [1.29, 1.82) is 0 Å². The summed E-state index contributed by atoms with van der Waals surface area (Å²) >= 11 is 4.80. The van der Waals surface area contributed by atoms with Crippen molar-refractivity contribution in [2.24, 2.45) is 0 Å². The van der Waals surface area contributed by atoms with Gasteiger partial charge in [-0.15, -0.1) is 11.3 Å². The van der Waals surface area contributed by atoms with E-state index in [1.807, 2.05) is 6.92 Å². The van der Waals surface area contributed by atoms with Crippen molar-refractivity contribution < 1.29 is 18.3 Å². The first-order valence-corrected chi connectivity index (χ1v) is 6.94. The molecule has 100 valence electrons. The molecule has 0 aliphatic rings. The number of alkyl halides is 2. The molecule has 2 aromatic rings. The zero-order valence-corrected chi connectivity index (χ0v) is 12.2. The first-order valence-electron chi connectivity index (χ1n) is 5.33. The monoisotopic (exact) mass is 346 g/mol. The number of halogens is 3. The Balaban J connectivity index is 2.22. The highest BCUT2D eigenvalue weighted by atomic mass is 79.9.